The van der Waals surface area contributed by atoms with Crippen LogP contribution >= 0.6 is 11.6 Å². The lowest BCUT2D eigenvalue weighted by Gasteiger charge is -2.22. The molecule has 0 unspecified atom stereocenters. The number of fused-ring (bicyclic) bond motifs is 2. The van der Waals surface area contributed by atoms with Crippen LogP contribution in [0.1, 0.15) is 21.5 Å². The molecule has 0 aliphatic carbocycles. The Labute approximate surface area is 180 Å². The fourth-order valence-corrected chi connectivity index (χ4v) is 5.10. The number of rotatable bonds is 3. The molecule has 3 aromatic rings. The van der Waals surface area contributed by atoms with E-state index in [1.807, 2.05) is 32.0 Å². The van der Waals surface area contributed by atoms with Crippen LogP contribution in [0.3, 0.4) is 0 Å². The Morgan fingerprint density at radius 2 is 1.73 bits per heavy atom. The van der Waals surface area contributed by atoms with E-state index in [9.17, 15) is 13.2 Å². The second kappa shape index (κ2) is 7.34. The van der Waals surface area contributed by atoms with Gasteiger partial charge < -0.3 is 10.1 Å². The molecule has 154 valence electrons. The van der Waals surface area contributed by atoms with Crippen LogP contribution in [0.4, 0.5) is 11.4 Å². The number of para-hydroxylation sites is 1. The number of halogens is 1. The highest BCUT2D eigenvalue weighted by molar-refractivity contribution is 7.93. The van der Waals surface area contributed by atoms with Gasteiger partial charge in [0.1, 0.15) is 10.6 Å². The maximum Gasteiger partial charge on any atom is 0.265 e. The molecule has 1 heterocycles. The number of nitrogens with zero attached hydrogens (tertiary/aromatic N) is 1. The van der Waals surface area contributed by atoms with Crippen LogP contribution < -0.4 is 14.4 Å². The third kappa shape index (κ3) is 3.40. The highest BCUT2D eigenvalue weighted by Crippen LogP contribution is 2.40. The fourth-order valence-electron chi connectivity index (χ4n) is 3.33. The van der Waals surface area contributed by atoms with Crippen molar-refractivity contribution in [2.45, 2.75) is 18.7 Å². The minimum atomic E-state index is -4.02. The van der Waals surface area contributed by atoms with Crippen molar-refractivity contribution < 1.29 is 17.9 Å². The van der Waals surface area contributed by atoms with Crippen molar-refractivity contribution >= 4 is 38.9 Å². The SMILES string of the molecule is Cc1ccc2c(c1)NC(=O)c1cc(S(=O)(=O)N(C)c3ccccc3C)c(Cl)cc1O2. The molecule has 0 bridgehead atoms. The predicted octanol–water partition coefficient (Wildman–Crippen LogP) is 5.14. The summed E-state index contributed by atoms with van der Waals surface area (Å²) in [6.07, 6.45) is 0. The maximum absolute atomic E-state index is 13.3. The first kappa shape index (κ1) is 20.3. The molecular weight excluding hydrogens is 424 g/mol. The van der Waals surface area contributed by atoms with Crippen molar-refractivity contribution in [2.75, 3.05) is 16.7 Å². The largest absolute Gasteiger partial charge is 0.454 e. The molecular formula is C22H19ClN2O4S. The molecule has 0 saturated heterocycles. The first-order valence-corrected chi connectivity index (χ1v) is 11.0. The van der Waals surface area contributed by atoms with Gasteiger partial charge in [-0.25, -0.2) is 8.42 Å². The molecule has 3 aromatic carbocycles. The van der Waals surface area contributed by atoms with E-state index >= 15 is 0 Å². The Morgan fingerprint density at radius 1 is 1.00 bits per heavy atom. The van der Waals surface area contributed by atoms with E-state index in [1.54, 1.807) is 24.3 Å². The lowest BCUT2D eigenvalue weighted by atomic mass is 10.2. The Kier molecular flexibility index (Phi) is 4.95. The van der Waals surface area contributed by atoms with Gasteiger partial charge in [0.2, 0.25) is 0 Å². The summed E-state index contributed by atoms with van der Waals surface area (Å²) in [6.45, 7) is 3.72. The highest BCUT2D eigenvalue weighted by Gasteiger charge is 2.30. The van der Waals surface area contributed by atoms with Crippen LogP contribution in [-0.2, 0) is 10.0 Å². The molecule has 1 amide bonds. The Balaban J connectivity index is 1.81. The van der Waals surface area contributed by atoms with Gasteiger partial charge in [-0.2, -0.15) is 0 Å². The normalized spacial score (nSPS) is 12.9. The molecule has 0 atom stereocenters. The zero-order valence-electron chi connectivity index (χ0n) is 16.6. The van der Waals surface area contributed by atoms with E-state index in [4.69, 9.17) is 16.3 Å². The monoisotopic (exact) mass is 442 g/mol. The predicted molar refractivity (Wildman–Crippen MR) is 117 cm³/mol. The summed E-state index contributed by atoms with van der Waals surface area (Å²) in [6, 6.07) is 15.1. The van der Waals surface area contributed by atoms with Gasteiger partial charge in [-0.1, -0.05) is 35.9 Å². The molecule has 1 aliphatic rings. The van der Waals surface area contributed by atoms with Crippen LogP contribution in [0.15, 0.2) is 59.5 Å². The van der Waals surface area contributed by atoms with Crippen molar-refractivity contribution in [1.82, 2.24) is 0 Å². The summed E-state index contributed by atoms with van der Waals surface area (Å²) in [5, 5.41) is 2.74. The van der Waals surface area contributed by atoms with Crippen molar-refractivity contribution in [2.24, 2.45) is 0 Å². The molecule has 0 spiro atoms. The molecule has 0 radical (unpaired) electrons. The first-order valence-electron chi connectivity index (χ1n) is 9.16. The van der Waals surface area contributed by atoms with E-state index < -0.39 is 15.9 Å². The summed E-state index contributed by atoms with van der Waals surface area (Å²) in [4.78, 5) is 12.6. The molecule has 1 N–H and O–H groups in total. The van der Waals surface area contributed by atoms with Crippen LogP contribution in [0.5, 0.6) is 11.5 Å². The lowest BCUT2D eigenvalue weighted by molar-refractivity contribution is 0.102. The lowest BCUT2D eigenvalue weighted by Crippen LogP contribution is -2.28. The van der Waals surface area contributed by atoms with Crippen molar-refractivity contribution in [3.63, 3.8) is 0 Å². The van der Waals surface area contributed by atoms with Crippen LogP contribution in [0.2, 0.25) is 5.02 Å². The van der Waals surface area contributed by atoms with Gasteiger partial charge in [-0.05, 0) is 49.2 Å². The van der Waals surface area contributed by atoms with Gasteiger partial charge in [-0.3, -0.25) is 9.10 Å². The zero-order valence-corrected chi connectivity index (χ0v) is 18.1. The highest BCUT2D eigenvalue weighted by atomic mass is 35.5. The van der Waals surface area contributed by atoms with Crippen molar-refractivity contribution in [3.05, 3.63) is 76.3 Å². The number of aryl methyl sites for hydroxylation is 2. The smallest absolute Gasteiger partial charge is 0.265 e. The molecule has 6 nitrogen and oxygen atoms in total. The third-order valence-electron chi connectivity index (χ3n) is 4.98. The summed E-state index contributed by atoms with van der Waals surface area (Å²) in [5.74, 6) is 0.176. The number of ether oxygens (including phenoxy) is 1. The number of benzene rings is 3. The minimum absolute atomic E-state index is 0.0301. The summed E-state index contributed by atoms with van der Waals surface area (Å²) < 4.78 is 33.7. The molecule has 0 aromatic heterocycles. The van der Waals surface area contributed by atoms with E-state index in [0.29, 0.717) is 17.1 Å². The minimum Gasteiger partial charge on any atom is -0.454 e. The van der Waals surface area contributed by atoms with Crippen molar-refractivity contribution in [3.8, 4) is 11.5 Å². The number of anilines is 2. The van der Waals surface area contributed by atoms with Gasteiger partial charge >= 0.3 is 0 Å². The summed E-state index contributed by atoms with van der Waals surface area (Å²) in [5.41, 5.74) is 2.86. The van der Waals surface area contributed by atoms with Crippen molar-refractivity contribution in [1.29, 1.82) is 0 Å². The number of carbonyl (C=O) groups excluding carboxylic acids is 1. The zero-order chi connectivity index (χ0) is 21.6. The maximum atomic E-state index is 13.3. The summed E-state index contributed by atoms with van der Waals surface area (Å²) in [7, 11) is -2.57. The quantitative estimate of drug-likeness (QED) is 0.609. The van der Waals surface area contributed by atoms with Crippen LogP contribution in [-0.4, -0.2) is 21.4 Å². The Morgan fingerprint density at radius 3 is 2.47 bits per heavy atom. The molecule has 0 fully saturated rings. The number of carbonyl (C=O) groups is 1. The van der Waals surface area contributed by atoms with E-state index in [2.05, 4.69) is 5.32 Å². The van der Waals surface area contributed by atoms with Gasteiger partial charge in [0.05, 0.1) is 22.0 Å². The van der Waals surface area contributed by atoms with E-state index in [1.165, 1.54) is 19.2 Å². The standard InChI is InChI=1S/C22H19ClN2O4S/c1-13-8-9-19-17(10-13)24-22(26)15-11-21(16(23)12-20(15)29-19)30(27,28)25(3)18-7-5-4-6-14(18)2/h4-12H,1-3H3,(H,24,26). The van der Waals surface area contributed by atoms with Gasteiger partial charge in [-0.15, -0.1) is 0 Å². The molecule has 4 rings (SSSR count). The number of amides is 1. The average molecular weight is 443 g/mol. The fraction of sp³-hybridized carbons (Fsp3) is 0.136. The Hall–Kier alpha value is -3.03. The second-order valence-corrected chi connectivity index (χ2v) is 9.44. The molecule has 30 heavy (non-hydrogen) atoms. The van der Waals surface area contributed by atoms with E-state index in [0.717, 1.165) is 15.4 Å². The molecule has 8 heteroatoms. The van der Waals surface area contributed by atoms with E-state index in [-0.39, 0.29) is 21.2 Å². The number of sulfonamides is 1. The van der Waals surface area contributed by atoms with Gasteiger partial charge in [0.15, 0.2) is 5.75 Å². The van der Waals surface area contributed by atoms with Gasteiger partial charge in [0, 0.05) is 13.1 Å². The van der Waals surface area contributed by atoms with Crippen LogP contribution in [0.25, 0.3) is 0 Å². The number of hydrogen-bond donors (Lipinski definition) is 1. The first-order chi connectivity index (χ1) is 14.2. The average Bonchev–Trinajstić information content (AvgIpc) is 2.82. The second-order valence-electron chi connectivity index (χ2n) is 7.09. The summed E-state index contributed by atoms with van der Waals surface area (Å²) >= 11 is 6.35. The van der Waals surface area contributed by atoms with Crippen LogP contribution in [0, 0.1) is 13.8 Å². The van der Waals surface area contributed by atoms with Gasteiger partial charge in [0.25, 0.3) is 15.9 Å². The molecule has 1 aliphatic heterocycles. The third-order valence-corrected chi connectivity index (χ3v) is 7.21. The number of hydrogen-bond acceptors (Lipinski definition) is 4. The molecule has 0 saturated carbocycles. The number of nitrogens with one attached hydrogen (secondary N) is 1. The Bertz CT molecular complexity index is 1290. The topological polar surface area (TPSA) is 75.7 Å².